The second kappa shape index (κ2) is 18.1. The van der Waals surface area contributed by atoms with Crippen LogP contribution in [-0.2, 0) is 34.0 Å². The molecule has 4 heterocycles. The fourth-order valence-electron chi connectivity index (χ4n) is 10.6. The lowest BCUT2D eigenvalue weighted by Gasteiger charge is -2.46. The predicted octanol–water partition coefficient (Wildman–Crippen LogP) is 8.53. The smallest absolute Gasteiger partial charge is 0.421 e. The van der Waals surface area contributed by atoms with Crippen molar-refractivity contribution in [2.45, 2.75) is 73.8 Å². The van der Waals surface area contributed by atoms with E-state index in [2.05, 4.69) is 17.2 Å². The minimum absolute atomic E-state index is 0.0483. The van der Waals surface area contributed by atoms with E-state index in [4.69, 9.17) is 19.2 Å². The number of cyclic esters (lactones) is 1. The zero-order chi connectivity index (χ0) is 46.3. The van der Waals surface area contributed by atoms with Gasteiger partial charge in [-0.2, -0.15) is 0 Å². The van der Waals surface area contributed by atoms with Crippen molar-refractivity contribution in [2.24, 2.45) is 5.92 Å². The fraction of sp³-hybridized carbons (Fsp3) is 0.302. The van der Waals surface area contributed by atoms with Crippen molar-refractivity contribution < 1.29 is 43.6 Å². The van der Waals surface area contributed by atoms with Crippen LogP contribution in [0.15, 0.2) is 127 Å². The number of morpholine rings is 1. The number of carbonyl (C=O) groups is 4. The number of fused-ring (bicyclic) bond motifs is 4. The largest absolute Gasteiger partial charge is 0.508 e. The van der Waals surface area contributed by atoms with E-state index >= 15 is 14.4 Å². The van der Waals surface area contributed by atoms with Crippen LogP contribution in [0.1, 0.15) is 84.5 Å². The molecule has 6 atom stereocenters. The molecule has 0 unspecified atom stereocenters. The SMILES string of the molecule is COCCOC(=O)N1C(=O)[C@@]2(c3cc(C#CC4(O)CCCCCC4)ccc31)[C@H](c1ccc(O)cc1)N1[C@H](c3ccccc3)[C@H](c3ccccc3)OC(=O)[C@H]1[C@@H]2C(=O)Nc1nc2ccccc2s1. The number of nitrogens with zero attached hydrogens (tertiary/aromatic N) is 3. The Bertz CT molecular complexity index is 2880. The number of nitrogens with one attached hydrogen (secondary N) is 1. The Morgan fingerprint density at radius 3 is 2.22 bits per heavy atom. The lowest BCUT2D eigenvalue weighted by molar-refractivity contribution is -0.177. The number of thiazole rings is 1. The molecule has 13 nitrogen and oxygen atoms in total. The van der Waals surface area contributed by atoms with E-state index in [1.54, 1.807) is 30.3 Å². The van der Waals surface area contributed by atoms with Crippen LogP contribution in [0.5, 0.6) is 5.75 Å². The summed E-state index contributed by atoms with van der Waals surface area (Å²) >= 11 is 1.24. The van der Waals surface area contributed by atoms with Crippen LogP contribution in [0.3, 0.4) is 0 Å². The Morgan fingerprint density at radius 2 is 1.52 bits per heavy atom. The summed E-state index contributed by atoms with van der Waals surface area (Å²) in [5.41, 5.74) is 0.00242. The van der Waals surface area contributed by atoms with Crippen LogP contribution >= 0.6 is 11.3 Å². The number of methoxy groups -OCH3 is 1. The first-order valence-electron chi connectivity index (χ1n) is 22.5. The van der Waals surface area contributed by atoms with E-state index in [1.807, 2.05) is 89.8 Å². The Labute approximate surface area is 391 Å². The van der Waals surface area contributed by atoms with Crippen LogP contribution in [-0.4, -0.2) is 75.9 Å². The zero-order valence-electron chi connectivity index (χ0n) is 36.7. The summed E-state index contributed by atoms with van der Waals surface area (Å²) < 4.78 is 18.2. The van der Waals surface area contributed by atoms with E-state index in [9.17, 15) is 15.0 Å². The number of aromatic nitrogens is 1. The molecule has 340 valence electrons. The predicted molar refractivity (Wildman–Crippen MR) is 251 cm³/mol. The molecule has 3 fully saturated rings. The maximum Gasteiger partial charge on any atom is 0.421 e. The van der Waals surface area contributed by atoms with E-state index in [-0.39, 0.29) is 35.3 Å². The quantitative estimate of drug-likeness (QED) is 0.0580. The normalized spacial score (nSPS) is 24.3. The van der Waals surface area contributed by atoms with Gasteiger partial charge in [-0.05, 0) is 90.4 Å². The maximum atomic E-state index is 16.4. The first-order chi connectivity index (χ1) is 32.6. The van der Waals surface area contributed by atoms with Crippen LogP contribution in [0.25, 0.3) is 10.2 Å². The van der Waals surface area contributed by atoms with Crippen LogP contribution < -0.4 is 10.2 Å². The number of hydrogen-bond donors (Lipinski definition) is 3. The standard InChI is InChI=1S/C53H48N4O9S/c1-64-30-31-65-51(62)56-40-25-20-33(26-29-52(63)27-12-2-3-13-28-52)32-38(40)53(49(56)61)42(47(59)55-50-54-39-18-10-11-19-41(39)67-50)44-48(60)66-45(35-16-8-5-9-17-35)43(34-14-6-4-7-15-34)57(44)46(53)36-21-23-37(58)24-22-36/h4-11,14-25,32,42-46,58,63H,2-3,12-13,27-28,30-31H2,1H3,(H,54,55,59)/t42-,43-,44-,45+,46+,53-/m1/s1. The van der Waals surface area contributed by atoms with Gasteiger partial charge in [0, 0.05) is 12.7 Å². The van der Waals surface area contributed by atoms with E-state index in [0.717, 1.165) is 40.8 Å². The molecule has 3 N–H and O–H groups in total. The molecule has 1 spiro atoms. The fourth-order valence-corrected chi connectivity index (χ4v) is 11.5. The lowest BCUT2D eigenvalue weighted by atomic mass is 9.65. The molecule has 67 heavy (non-hydrogen) atoms. The summed E-state index contributed by atoms with van der Waals surface area (Å²) in [6.07, 6.45) is 2.73. The van der Waals surface area contributed by atoms with Crippen LogP contribution in [0.4, 0.5) is 15.6 Å². The molecular formula is C53H48N4O9S. The lowest BCUT2D eigenvalue weighted by Crippen LogP contribution is -2.54. The van der Waals surface area contributed by atoms with Gasteiger partial charge in [0.15, 0.2) is 5.13 Å². The molecule has 3 aliphatic heterocycles. The Hall–Kier alpha value is -6.89. The van der Waals surface area contributed by atoms with Crippen LogP contribution in [0, 0.1) is 17.8 Å². The number of ether oxygens (including phenoxy) is 3. The number of rotatable bonds is 8. The Morgan fingerprint density at radius 1 is 0.836 bits per heavy atom. The minimum Gasteiger partial charge on any atom is -0.508 e. The van der Waals surface area contributed by atoms with Crippen molar-refractivity contribution in [3.63, 3.8) is 0 Å². The number of phenols is 1. The average molecular weight is 917 g/mol. The maximum absolute atomic E-state index is 16.4. The molecule has 1 aliphatic carbocycles. The Kier molecular flexibility index (Phi) is 11.9. The van der Waals surface area contributed by atoms with Crippen molar-refractivity contribution in [3.05, 3.63) is 155 Å². The van der Waals surface area contributed by atoms with Gasteiger partial charge in [-0.25, -0.2) is 14.7 Å². The first-order valence-corrected chi connectivity index (χ1v) is 23.4. The molecule has 1 saturated carbocycles. The number of aliphatic hydroxyl groups is 1. The highest BCUT2D eigenvalue weighted by Gasteiger charge is 2.76. The monoisotopic (exact) mass is 916 g/mol. The minimum atomic E-state index is -2.09. The van der Waals surface area contributed by atoms with Gasteiger partial charge < -0.3 is 29.7 Å². The number of amides is 3. The first kappa shape index (κ1) is 44.0. The Balaban J connectivity index is 1.26. The van der Waals surface area contributed by atoms with Crippen molar-refractivity contribution in [3.8, 4) is 17.6 Å². The molecule has 3 amide bonds. The second-order valence-corrected chi connectivity index (χ2v) is 18.5. The van der Waals surface area contributed by atoms with E-state index in [0.29, 0.717) is 35.0 Å². The summed E-state index contributed by atoms with van der Waals surface area (Å²) in [5.74, 6) is 2.43. The summed E-state index contributed by atoms with van der Waals surface area (Å²) in [4.78, 5) is 69.6. The summed E-state index contributed by atoms with van der Waals surface area (Å²) in [6, 6.07) is 34.1. The highest BCUT2D eigenvalue weighted by molar-refractivity contribution is 7.22. The average Bonchev–Trinajstić information content (AvgIpc) is 3.91. The molecule has 0 bridgehead atoms. The van der Waals surface area contributed by atoms with Crippen molar-refractivity contribution >= 4 is 56.2 Å². The summed E-state index contributed by atoms with van der Waals surface area (Å²) in [7, 11) is 1.46. The van der Waals surface area contributed by atoms with Gasteiger partial charge >= 0.3 is 12.1 Å². The number of anilines is 2. The molecule has 0 radical (unpaired) electrons. The number of imide groups is 1. The van der Waals surface area contributed by atoms with Crippen molar-refractivity contribution in [1.82, 2.24) is 9.88 Å². The third-order valence-corrected chi connectivity index (χ3v) is 14.5. The van der Waals surface area contributed by atoms with Gasteiger partial charge in [0.2, 0.25) is 11.8 Å². The number of carbonyl (C=O) groups excluding carboxylic acids is 4. The van der Waals surface area contributed by atoms with Gasteiger partial charge in [0.1, 0.15) is 35.5 Å². The molecule has 10 rings (SSSR count). The third-order valence-electron chi connectivity index (χ3n) is 13.5. The molecule has 14 heteroatoms. The van der Waals surface area contributed by atoms with Crippen molar-refractivity contribution in [1.29, 1.82) is 0 Å². The van der Waals surface area contributed by atoms with Crippen LogP contribution in [0.2, 0.25) is 0 Å². The molecule has 1 aromatic heterocycles. The van der Waals surface area contributed by atoms with Gasteiger partial charge in [0.05, 0.1) is 40.5 Å². The van der Waals surface area contributed by atoms with Gasteiger partial charge in [0.25, 0.3) is 0 Å². The van der Waals surface area contributed by atoms with Gasteiger partial charge in [-0.1, -0.05) is 121 Å². The molecule has 5 aromatic carbocycles. The second-order valence-electron chi connectivity index (χ2n) is 17.5. The highest BCUT2D eigenvalue weighted by atomic mass is 32.1. The summed E-state index contributed by atoms with van der Waals surface area (Å²) in [5, 5.41) is 25.7. The topological polar surface area (TPSA) is 168 Å². The number of para-hydroxylation sites is 1. The highest BCUT2D eigenvalue weighted by Crippen LogP contribution is 2.66. The van der Waals surface area contributed by atoms with E-state index < -0.39 is 65.0 Å². The number of esters is 1. The molecular weight excluding hydrogens is 869 g/mol. The molecule has 4 aliphatic rings. The molecule has 2 saturated heterocycles. The number of hydrogen-bond acceptors (Lipinski definition) is 12. The number of aromatic hydroxyl groups is 1. The molecule has 6 aromatic rings. The van der Waals surface area contributed by atoms with Gasteiger partial charge in [-0.3, -0.25) is 19.3 Å². The summed E-state index contributed by atoms with van der Waals surface area (Å²) in [6.45, 7) is -0.129. The zero-order valence-corrected chi connectivity index (χ0v) is 37.5. The van der Waals surface area contributed by atoms with E-state index in [1.165, 1.54) is 30.6 Å². The number of phenolic OH excluding ortho intramolecular Hbond substituents is 1. The third kappa shape index (κ3) is 7.81. The van der Waals surface area contributed by atoms with Crippen molar-refractivity contribution in [2.75, 3.05) is 30.5 Å². The number of benzene rings is 5. The van der Waals surface area contributed by atoms with Gasteiger partial charge in [-0.15, -0.1) is 0 Å².